The van der Waals surface area contributed by atoms with Gasteiger partial charge in [0, 0.05) is 5.56 Å². The Morgan fingerprint density at radius 1 is 0.918 bits per heavy atom. The van der Waals surface area contributed by atoms with Gasteiger partial charge in [-0.3, -0.25) is 29.2 Å². The number of benzene rings is 1. The number of hydrogen-bond acceptors (Lipinski definition) is 11. The summed E-state index contributed by atoms with van der Waals surface area (Å²) in [4.78, 5) is 74.7. The number of amides is 4. The van der Waals surface area contributed by atoms with E-state index in [2.05, 4.69) is 16.0 Å². The second-order valence-corrected chi connectivity index (χ2v) is 10.9. The second kappa shape index (κ2) is 21.1. The number of ether oxygens (including phenoxy) is 3. The highest BCUT2D eigenvalue weighted by Crippen LogP contribution is 2.29. The average molecular weight is 689 g/mol. The number of rotatable bonds is 22. The van der Waals surface area contributed by atoms with Gasteiger partial charge in [0.25, 0.3) is 11.8 Å². The highest BCUT2D eigenvalue weighted by atomic mass is 16.5. The molecule has 2 rings (SSSR count). The molecule has 0 spiro atoms. The summed E-state index contributed by atoms with van der Waals surface area (Å²) in [6.07, 6.45) is 3.25. The molecule has 1 aromatic heterocycles. The van der Waals surface area contributed by atoms with Crippen molar-refractivity contribution in [3.05, 3.63) is 41.7 Å². The van der Waals surface area contributed by atoms with Crippen molar-refractivity contribution in [2.75, 3.05) is 26.5 Å². The molecule has 2 aromatic rings. The number of nitrogens with zero attached hydrogens (tertiary/aromatic N) is 1. The molecule has 1 unspecified atom stereocenters. The van der Waals surface area contributed by atoms with Crippen molar-refractivity contribution in [1.82, 2.24) is 21.0 Å². The molecule has 49 heavy (non-hydrogen) atoms. The predicted octanol–water partition coefficient (Wildman–Crippen LogP) is 3.59. The fourth-order valence-corrected chi connectivity index (χ4v) is 5.09. The van der Waals surface area contributed by atoms with Crippen LogP contribution in [-0.4, -0.2) is 84.9 Å². The van der Waals surface area contributed by atoms with E-state index in [0.717, 1.165) is 19.3 Å². The molecule has 1 aromatic carbocycles. The van der Waals surface area contributed by atoms with Gasteiger partial charge in [0.2, 0.25) is 12.3 Å². The maximum absolute atomic E-state index is 13.2. The van der Waals surface area contributed by atoms with Crippen molar-refractivity contribution >= 4 is 36.1 Å². The maximum atomic E-state index is 13.2. The van der Waals surface area contributed by atoms with E-state index in [0.29, 0.717) is 23.5 Å². The van der Waals surface area contributed by atoms with E-state index in [9.17, 15) is 34.0 Å². The molecular formula is C34H48N4O11. The molecule has 0 bridgehead atoms. The largest absolute Gasteiger partial charge is 0.493 e. The normalized spacial score (nSPS) is 12.5. The average Bonchev–Trinajstić information content (AvgIpc) is 3.58. The molecule has 0 aliphatic rings. The molecule has 3 atom stereocenters. The van der Waals surface area contributed by atoms with E-state index in [-0.39, 0.29) is 55.7 Å². The van der Waals surface area contributed by atoms with Crippen LogP contribution in [0.4, 0.5) is 0 Å². The summed E-state index contributed by atoms with van der Waals surface area (Å²) < 4.78 is 21.4. The first-order chi connectivity index (χ1) is 23.5. The van der Waals surface area contributed by atoms with Crippen LogP contribution in [0.15, 0.2) is 34.7 Å². The molecule has 0 radical (unpaired) electrons. The lowest BCUT2D eigenvalue weighted by atomic mass is 9.90. The van der Waals surface area contributed by atoms with E-state index >= 15 is 0 Å². The number of hydrogen-bond donors (Lipinski definition) is 4. The van der Waals surface area contributed by atoms with Crippen LogP contribution < -0.4 is 20.7 Å². The lowest BCUT2D eigenvalue weighted by Crippen LogP contribution is -2.47. The van der Waals surface area contributed by atoms with Crippen molar-refractivity contribution in [2.45, 2.75) is 85.2 Å². The van der Waals surface area contributed by atoms with Gasteiger partial charge in [0.15, 0.2) is 5.76 Å². The lowest BCUT2D eigenvalue weighted by molar-refractivity contribution is -0.168. The molecule has 1 heterocycles. The SMILES string of the molecule is CCCCC[C@@H](C(=O)NCNC(=O)c1ccc(-c2ccc(C(=O)N[C@@H](CC(=O)OCC)C(=O)OCC)c(OCC)c2)o1)C(CC)N(O)C=O. The number of carbonyl (C=O) groups is 6. The van der Waals surface area contributed by atoms with Crippen LogP contribution in [0.25, 0.3) is 11.3 Å². The molecular weight excluding hydrogens is 640 g/mol. The van der Waals surface area contributed by atoms with Gasteiger partial charge >= 0.3 is 11.9 Å². The second-order valence-electron chi connectivity index (χ2n) is 10.9. The summed E-state index contributed by atoms with van der Waals surface area (Å²) in [5.41, 5.74) is 0.560. The molecule has 15 heteroatoms. The van der Waals surface area contributed by atoms with Crippen molar-refractivity contribution in [2.24, 2.45) is 5.92 Å². The molecule has 4 amide bonds. The molecule has 0 aliphatic heterocycles. The van der Waals surface area contributed by atoms with Crippen LogP contribution in [0.2, 0.25) is 0 Å². The van der Waals surface area contributed by atoms with Gasteiger partial charge in [-0.1, -0.05) is 39.2 Å². The zero-order valence-electron chi connectivity index (χ0n) is 28.7. The number of carbonyl (C=O) groups excluding carboxylic acids is 6. The van der Waals surface area contributed by atoms with Crippen LogP contribution in [-0.2, 0) is 28.7 Å². The fraction of sp³-hybridized carbons (Fsp3) is 0.529. The van der Waals surface area contributed by atoms with Crippen LogP contribution in [0, 0.1) is 5.92 Å². The maximum Gasteiger partial charge on any atom is 0.329 e. The Morgan fingerprint density at radius 3 is 2.29 bits per heavy atom. The molecule has 0 fully saturated rings. The number of esters is 2. The Kier molecular flexibility index (Phi) is 17.4. The lowest BCUT2D eigenvalue weighted by Gasteiger charge is -2.29. The number of nitrogens with one attached hydrogen (secondary N) is 3. The smallest absolute Gasteiger partial charge is 0.329 e. The van der Waals surface area contributed by atoms with Crippen LogP contribution in [0.1, 0.15) is 94.1 Å². The Bertz CT molecular complexity index is 1410. The quantitative estimate of drug-likeness (QED) is 0.0352. The number of furan rings is 1. The minimum atomic E-state index is -1.28. The standard InChI is InChI=1S/C34H48N4O11/c1-6-11-12-13-23(26(7-2)38(45)21-39)31(41)35-20-36-33(43)28-17-16-27(49-28)22-14-15-24(29(18-22)46-8-3)32(42)37-25(34(44)48-10-5)19-30(40)47-9-4/h14-18,21,23,25-26,45H,6-13,19-20H2,1-5H3,(H,35,41)(H,36,43)(H,37,42)/t23-,25+,26?/m1/s1. The topological polar surface area (TPSA) is 203 Å². The number of hydroxylamine groups is 2. The zero-order valence-corrected chi connectivity index (χ0v) is 28.7. The third-order valence-corrected chi connectivity index (χ3v) is 7.49. The first-order valence-corrected chi connectivity index (χ1v) is 16.5. The molecule has 0 saturated heterocycles. The molecule has 270 valence electrons. The van der Waals surface area contributed by atoms with Gasteiger partial charge in [-0.15, -0.1) is 0 Å². The Morgan fingerprint density at radius 2 is 1.65 bits per heavy atom. The van der Waals surface area contributed by atoms with E-state index < -0.39 is 54.1 Å². The van der Waals surface area contributed by atoms with Gasteiger partial charge in [-0.05, 0) is 57.9 Å². The summed E-state index contributed by atoms with van der Waals surface area (Å²) in [5.74, 6) is -3.43. The monoisotopic (exact) mass is 688 g/mol. The van der Waals surface area contributed by atoms with Crippen LogP contribution >= 0.6 is 0 Å². The minimum absolute atomic E-state index is 0.0475. The Balaban J connectivity index is 2.15. The highest BCUT2D eigenvalue weighted by Gasteiger charge is 2.31. The summed E-state index contributed by atoms with van der Waals surface area (Å²) in [5, 5.41) is 18.3. The summed E-state index contributed by atoms with van der Waals surface area (Å²) in [7, 11) is 0. The molecule has 15 nitrogen and oxygen atoms in total. The fourth-order valence-electron chi connectivity index (χ4n) is 5.09. The van der Waals surface area contributed by atoms with E-state index in [1.165, 1.54) is 18.2 Å². The Hall–Kier alpha value is -4.92. The first-order valence-electron chi connectivity index (χ1n) is 16.5. The van der Waals surface area contributed by atoms with Gasteiger partial charge in [-0.2, -0.15) is 0 Å². The highest BCUT2D eigenvalue weighted by molar-refractivity contribution is 6.00. The molecule has 0 saturated carbocycles. The zero-order chi connectivity index (χ0) is 36.3. The van der Waals surface area contributed by atoms with E-state index in [1.807, 2.05) is 6.92 Å². The third kappa shape index (κ3) is 12.2. The van der Waals surface area contributed by atoms with Gasteiger partial charge in [-0.25, -0.2) is 9.86 Å². The summed E-state index contributed by atoms with van der Waals surface area (Å²) >= 11 is 0. The van der Waals surface area contributed by atoms with Crippen LogP contribution in [0.5, 0.6) is 5.75 Å². The van der Waals surface area contributed by atoms with Crippen molar-refractivity contribution in [1.29, 1.82) is 0 Å². The van der Waals surface area contributed by atoms with E-state index in [1.54, 1.807) is 39.8 Å². The van der Waals surface area contributed by atoms with Gasteiger partial charge in [0.05, 0.1) is 50.4 Å². The minimum Gasteiger partial charge on any atom is -0.493 e. The summed E-state index contributed by atoms with van der Waals surface area (Å²) in [6.45, 7) is 8.89. The third-order valence-electron chi connectivity index (χ3n) is 7.49. The predicted molar refractivity (Wildman–Crippen MR) is 176 cm³/mol. The first kappa shape index (κ1) is 40.3. The van der Waals surface area contributed by atoms with Gasteiger partial charge < -0.3 is 34.6 Å². The molecule has 4 N–H and O–H groups in total. The molecule has 0 aliphatic carbocycles. The van der Waals surface area contributed by atoms with Crippen molar-refractivity contribution < 1.29 is 52.6 Å². The summed E-state index contributed by atoms with van der Waals surface area (Å²) in [6, 6.07) is 5.57. The van der Waals surface area contributed by atoms with Gasteiger partial charge in [0.1, 0.15) is 17.6 Å². The van der Waals surface area contributed by atoms with Crippen molar-refractivity contribution in [3.63, 3.8) is 0 Å². The number of unbranched alkanes of at least 4 members (excludes halogenated alkanes) is 2. The van der Waals surface area contributed by atoms with Crippen LogP contribution in [0.3, 0.4) is 0 Å². The van der Waals surface area contributed by atoms with Crippen molar-refractivity contribution in [3.8, 4) is 17.1 Å². The van der Waals surface area contributed by atoms with E-state index in [4.69, 9.17) is 18.6 Å². The Labute approximate surface area is 286 Å².